The van der Waals surface area contributed by atoms with Gasteiger partial charge < -0.3 is 4.90 Å². The molecule has 1 atom stereocenters. The molecule has 1 aromatic heterocycles. The van der Waals surface area contributed by atoms with Crippen LogP contribution < -0.4 is 4.72 Å². The van der Waals surface area contributed by atoms with Crippen LogP contribution in [-0.2, 0) is 22.0 Å². The lowest BCUT2D eigenvalue weighted by Gasteiger charge is -2.21. The Morgan fingerprint density at radius 2 is 1.86 bits per heavy atom. The van der Waals surface area contributed by atoms with Gasteiger partial charge in [-0.2, -0.15) is 5.10 Å². The van der Waals surface area contributed by atoms with E-state index < -0.39 is 10.0 Å². The Kier molecular flexibility index (Phi) is 6.51. The fraction of sp³-hybridized carbons (Fsp3) is 0.591. The Bertz CT molecular complexity index is 930. The summed E-state index contributed by atoms with van der Waals surface area (Å²) < 4.78 is 30.6. The van der Waals surface area contributed by atoms with Gasteiger partial charge in [0.2, 0.25) is 10.0 Å². The van der Waals surface area contributed by atoms with E-state index in [4.69, 9.17) is 0 Å². The van der Waals surface area contributed by atoms with Crippen molar-refractivity contribution in [3.63, 3.8) is 0 Å². The van der Waals surface area contributed by atoms with Crippen LogP contribution in [0.3, 0.4) is 0 Å². The van der Waals surface area contributed by atoms with Crippen molar-refractivity contribution in [2.24, 2.45) is 5.92 Å². The van der Waals surface area contributed by atoms with Crippen molar-refractivity contribution in [1.82, 2.24) is 19.4 Å². The molecule has 0 bridgehead atoms. The van der Waals surface area contributed by atoms with E-state index in [0.29, 0.717) is 28.7 Å². The van der Waals surface area contributed by atoms with Gasteiger partial charge in [-0.3, -0.25) is 4.68 Å². The van der Waals surface area contributed by atoms with Gasteiger partial charge in [-0.15, -0.1) is 0 Å². The standard InChI is InChI=1S/C22H34N4O2S/c1-17-21(18(2)26(24-17)22(3,4)5)29(27,28)23-15-20-12-14-25(16-20)13-11-19-9-7-6-8-10-19/h6-10,20,23H,11-16H2,1-5H3. The molecule has 160 valence electrons. The van der Waals surface area contributed by atoms with Crippen molar-refractivity contribution >= 4 is 10.0 Å². The van der Waals surface area contributed by atoms with Gasteiger partial charge in [-0.05, 0) is 65.5 Å². The van der Waals surface area contributed by atoms with Crippen molar-refractivity contribution in [2.75, 3.05) is 26.2 Å². The zero-order valence-corrected chi connectivity index (χ0v) is 19.1. The topological polar surface area (TPSA) is 67.2 Å². The Morgan fingerprint density at radius 1 is 1.17 bits per heavy atom. The Hall–Kier alpha value is -1.70. The minimum atomic E-state index is -3.57. The maximum Gasteiger partial charge on any atom is 0.244 e. The van der Waals surface area contributed by atoms with Crippen molar-refractivity contribution in [3.05, 3.63) is 47.3 Å². The molecular weight excluding hydrogens is 384 g/mol. The normalized spacial score (nSPS) is 18.4. The van der Waals surface area contributed by atoms with Gasteiger partial charge in [-0.1, -0.05) is 30.3 Å². The maximum atomic E-state index is 13.0. The van der Waals surface area contributed by atoms with Crippen LogP contribution in [0.25, 0.3) is 0 Å². The number of nitrogens with zero attached hydrogens (tertiary/aromatic N) is 3. The lowest BCUT2D eigenvalue weighted by Crippen LogP contribution is -2.32. The van der Waals surface area contributed by atoms with E-state index in [-0.39, 0.29) is 5.54 Å². The Morgan fingerprint density at radius 3 is 2.48 bits per heavy atom. The number of hydrogen-bond acceptors (Lipinski definition) is 4. The molecule has 29 heavy (non-hydrogen) atoms. The molecule has 6 nitrogen and oxygen atoms in total. The highest BCUT2D eigenvalue weighted by Crippen LogP contribution is 2.25. The lowest BCUT2D eigenvalue weighted by atomic mass is 10.1. The minimum absolute atomic E-state index is 0.257. The predicted octanol–water partition coefficient (Wildman–Crippen LogP) is 3.10. The molecule has 1 aliphatic heterocycles. The quantitative estimate of drug-likeness (QED) is 0.750. The summed E-state index contributed by atoms with van der Waals surface area (Å²) in [4.78, 5) is 2.76. The molecule has 3 rings (SSSR count). The largest absolute Gasteiger partial charge is 0.303 e. The summed E-state index contributed by atoms with van der Waals surface area (Å²) in [6.07, 6.45) is 2.06. The van der Waals surface area contributed by atoms with E-state index in [1.165, 1.54) is 5.56 Å². The van der Waals surface area contributed by atoms with E-state index >= 15 is 0 Å². The summed E-state index contributed by atoms with van der Waals surface area (Å²) in [5.41, 5.74) is 2.34. The summed E-state index contributed by atoms with van der Waals surface area (Å²) in [5.74, 6) is 0.346. The van der Waals surface area contributed by atoms with Crippen LogP contribution in [0.5, 0.6) is 0 Å². The predicted molar refractivity (Wildman–Crippen MR) is 117 cm³/mol. The van der Waals surface area contributed by atoms with Crippen LogP contribution in [0.1, 0.15) is 44.1 Å². The lowest BCUT2D eigenvalue weighted by molar-refractivity contribution is 0.328. The molecule has 0 saturated carbocycles. The van der Waals surface area contributed by atoms with Crippen molar-refractivity contribution in [3.8, 4) is 0 Å². The second-order valence-corrected chi connectivity index (χ2v) is 10.8. The first-order chi connectivity index (χ1) is 13.6. The molecule has 1 unspecified atom stereocenters. The Labute approximate surface area is 175 Å². The Balaban J connectivity index is 1.57. The molecule has 1 saturated heterocycles. The zero-order chi connectivity index (χ0) is 21.2. The molecule has 1 aliphatic rings. The number of aryl methyl sites for hydroxylation is 1. The highest BCUT2D eigenvalue weighted by Gasteiger charge is 2.30. The molecule has 0 amide bonds. The molecule has 0 radical (unpaired) electrons. The van der Waals surface area contributed by atoms with Crippen molar-refractivity contribution < 1.29 is 8.42 Å². The molecule has 2 aromatic rings. The van der Waals surface area contributed by atoms with Crippen LogP contribution in [0.15, 0.2) is 35.2 Å². The monoisotopic (exact) mass is 418 g/mol. The van der Waals surface area contributed by atoms with Gasteiger partial charge >= 0.3 is 0 Å². The van der Waals surface area contributed by atoms with E-state index in [0.717, 1.165) is 32.5 Å². The summed E-state index contributed by atoms with van der Waals surface area (Å²) in [6, 6.07) is 10.5. The highest BCUT2D eigenvalue weighted by molar-refractivity contribution is 7.89. The third-order valence-electron chi connectivity index (χ3n) is 5.62. The summed E-state index contributed by atoms with van der Waals surface area (Å²) in [7, 11) is -3.57. The molecule has 1 N–H and O–H groups in total. The summed E-state index contributed by atoms with van der Waals surface area (Å²) in [6.45, 7) is 13.1. The number of sulfonamides is 1. The number of aromatic nitrogens is 2. The molecule has 1 fully saturated rings. The summed E-state index contributed by atoms with van der Waals surface area (Å²) in [5, 5.41) is 4.48. The molecule has 1 aromatic carbocycles. The SMILES string of the molecule is Cc1nn(C(C)(C)C)c(C)c1S(=O)(=O)NCC1CCN(CCc2ccccc2)C1. The number of benzene rings is 1. The van der Waals surface area contributed by atoms with Crippen molar-refractivity contribution in [1.29, 1.82) is 0 Å². The zero-order valence-electron chi connectivity index (χ0n) is 18.3. The van der Waals surface area contributed by atoms with Gasteiger partial charge in [-0.25, -0.2) is 13.1 Å². The molecule has 0 spiro atoms. The maximum absolute atomic E-state index is 13.0. The minimum Gasteiger partial charge on any atom is -0.303 e. The van der Waals surface area contributed by atoms with Gasteiger partial charge in [0.25, 0.3) is 0 Å². The van der Waals surface area contributed by atoms with Crippen LogP contribution in [0.4, 0.5) is 0 Å². The van der Waals surface area contributed by atoms with E-state index in [1.807, 2.05) is 33.8 Å². The second-order valence-electron chi connectivity index (χ2n) is 9.13. The summed E-state index contributed by atoms with van der Waals surface area (Å²) >= 11 is 0. The average molecular weight is 419 g/mol. The number of hydrogen-bond donors (Lipinski definition) is 1. The first kappa shape index (κ1) is 22.0. The van der Waals surface area contributed by atoms with Gasteiger partial charge in [0.1, 0.15) is 4.90 Å². The van der Waals surface area contributed by atoms with Crippen molar-refractivity contribution in [2.45, 2.75) is 57.9 Å². The highest BCUT2D eigenvalue weighted by atomic mass is 32.2. The number of nitrogens with one attached hydrogen (secondary N) is 1. The van der Waals surface area contributed by atoms with Gasteiger partial charge in [0.05, 0.1) is 16.9 Å². The van der Waals surface area contributed by atoms with Gasteiger partial charge in [0, 0.05) is 19.6 Å². The first-order valence-corrected chi connectivity index (χ1v) is 11.9. The van der Waals surface area contributed by atoms with E-state index in [9.17, 15) is 8.42 Å². The third kappa shape index (κ3) is 5.27. The molecule has 2 heterocycles. The van der Waals surface area contributed by atoms with Crippen LogP contribution in [0, 0.1) is 19.8 Å². The molecule has 0 aliphatic carbocycles. The molecular formula is C22H34N4O2S. The smallest absolute Gasteiger partial charge is 0.244 e. The van der Waals surface area contributed by atoms with Crippen LogP contribution in [-0.4, -0.2) is 49.3 Å². The van der Waals surface area contributed by atoms with E-state index in [1.54, 1.807) is 11.6 Å². The first-order valence-electron chi connectivity index (χ1n) is 10.4. The number of rotatable bonds is 7. The number of likely N-dealkylation sites (tertiary alicyclic amines) is 1. The third-order valence-corrected chi connectivity index (χ3v) is 7.30. The van der Waals surface area contributed by atoms with Crippen LogP contribution >= 0.6 is 0 Å². The van der Waals surface area contributed by atoms with E-state index in [2.05, 4.69) is 39.0 Å². The fourth-order valence-corrected chi connectivity index (χ4v) is 5.69. The average Bonchev–Trinajstić information content (AvgIpc) is 3.23. The van der Waals surface area contributed by atoms with Crippen LogP contribution in [0.2, 0.25) is 0 Å². The molecule has 7 heteroatoms. The second kappa shape index (κ2) is 8.58. The fourth-order valence-electron chi connectivity index (χ4n) is 4.18. The van der Waals surface area contributed by atoms with Gasteiger partial charge in [0.15, 0.2) is 0 Å².